The highest BCUT2D eigenvalue weighted by Crippen LogP contribution is 2.38. The summed E-state index contributed by atoms with van der Waals surface area (Å²) in [6.07, 6.45) is 1.55. The Balaban J connectivity index is 2.11. The Morgan fingerprint density at radius 3 is 2.52 bits per heavy atom. The number of carbonyl (C=O) groups excluding carboxylic acids is 1. The third-order valence-corrected chi connectivity index (χ3v) is 5.72. The van der Waals surface area contributed by atoms with E-state index in [-0.39, 0.29) is 29.2 Å². The van der Waals surface area contributed by atoms with Crippen molar-refractivity contribution >= 4 is 11.5 Å². The number of rotatable bonds is 2. The number of benzene rings is 1. The number of nitriles is 1. The fourth-order valence-corrected chi connectivity index (χ4v) is 3.68. The number of methoxy groups -OCH3 is 1. The van der Waals surface area contributed by atoms with Crippen LogP contribution in [0, 0.1) is 31.0 Å². The van der Waals surface area contributed by atoms with Crippen molar-refractivity contribution in [1.29, 1.82) is 5.26 Å². The molecule has 4 nitrogen and oxygen atoms in total. The average Bonchev–Trinajstić information content (AvgIpc) is 2.61. The smallest absolute Gasteiger partial charge is 0.180 e. The van der Waals surface area contributed by atoms with Gasteiger partial charge in [-0.3, -0.25) is 4.79 Å². The number of aryl methyl sites for hydroxylation is 1. The zero-order chi connectivity index (χ0) is 18.4. The number of hydrogen-bond donors (Lipinski definition) is 0. The number of hydrogen-bond acceptors (Lipinski definition) is 4. The van der Waals surface area contributed by atoms with Gasteiger partial charge in [-0.1, -0.05) is 0 Å². The van der Waals surface area contributed by atoms with Crippen LogP contribution in [-0.4, -0.2) is 36.5 Å². The van der Waals surface area contributed by atoms with E-state index in [1.807, 2.05) is 17.9 Å². The van der Waals surface area contributed by atoms with Gasteiger partial charge in [0.25, 0.3) is 0 Å². The van der Waals surface area contributed by atoms with Gasteiger partial charge in [-0.15, -0.1) is 0 Å². The molecule has 132 valence electrons. The first-order valence-corrected chi connectivity index (χ1v) is 8.58. The summed E-state index contributed by atoms with van der Waals surface area (Å²) < 4.78 is 20.3. The number of nitrogens with zero attached hydrogens (tertiary/aromatic N) is 2. The molecule has 3 rings (SSSR count). The van der Waals surface area contributed by atoms with Gasteiger partial charge in [-0.2, -0.15) is 5.26 Å². The molecule has 0 radical (unpaired) electrons. The van der Waals surface area contributed by atoms with Crippen molar-refractivity contribution in [3.63, 3.8) is 0 Å². The molecule has 0 bridgehead atoms. The Morgan fingerprint density at radius 2 is 1.96 bits per heavy atom. The van der Waals surface area contributed by atoms with E-state index < -0.39 is 0 Å². The third kappa shape index (κ3) is 2.85. The van der Waals surface area contributed by atoms with Crippen LogP contribution in [-0.2, 0) is 16.0 Å². The molecule has 2 aliphatic rings. The maximum atomic E-state index is 14.8. The molecule has 0 N–H and O–H groups in total. The normalized spacial score (nSPS) is 19.7. The number of halogens is 1. The molecule has 1 aromatic carbocycles. The van der Waals surface area contributed by atoms with Gasteiger partial charge in [0.15, 0.2) is 5.78 Å². The molecule has 1 saturated heterocycles. The summed E-state index contributed by atoms with van der Waals surface area (Å²) in [5.74, 6) is -0.621. The highest BCUT2D eigenvalue weighted by atomic mass is 19.1. The number of carbonyl (C=O) groups is 1. The predicted octanol–water partition coefficient (Wildman–Crippen LogP) is 3.30. The first-order valence-electron chi connectivity index (χ1n) is 8.58. The Kier molecular flexibility index (Phi) is 4.42. The molecular formula is C20H23FN2O2. The van der Waals surface area contributed by atoms with E-state index in [1.165, 1.54) is 0 Å². The summed E-state index contributed by atoms with van der Waals surface area (Å²) >= 11 is 0. The molecule has 0 saturated carbocycles. The summed E-state index contributed by atoms with van der Waals surface area (Å²) in [5.41, 5.74) is 3.06. The van der Waals surface area contributed by atoms with E-state index in [0.29, 0.717) is 35.5 Å². The van der Waals surface area contributed by atoms with Crippen LogP contribution in [0.25, 0.3) is 5.70 Å². The van der Waals surface area contributed by atoms with Crippen molar-refractivity contribution in [3.8, 4) is 6.07 Å². The Labute approximate surface area is 147 Å². The van der Waals surface area contributed by atoms with Crippen molar-refractivity contribution in [1.82, 2.24) is 4.90 Å². The highest BCUT2D eigenvalue weighted by molar-refractivity contribution is 6.10. The van der Waals surface area contributed by atoms with Crippen LogP contribution in [0.5, 0.6) is 0 Å². The number of fused-ring (bicyclic) bond motifs is 1. The summed E-state index contributed by atoms with van der Waals surface area (Å²) in [6.45, 7) is 7.00. The Morgan fingerprint density at radius 1 is 1.32 bits per heavy atom. The Hall–Kier alpha value is -2.19. The molecule has 0 aromatic heterocycles. The van der Waals surface area contributed by atoms with Crippen molar-refractivity contribution in [2.45, 2.75) is 45.6 Å². The number of Topliss-reactive ketones (excluding diaryl/α,β-unsaturated/α-hetero) is 1. The maximum absolute atomic E-state index is 14.8. The van der Waals surface area contributed by atoms with Gasteiger partial charge in [0.05, 0.1) is 11.3 Å². The molecule has 1 aromatic rings. The predicted molar refractivity (Wildman–Crippen MR) is 93.3 cm³/mol. The van der Waals surface area contributed by atoms with Gasteiger partial charge in [0.2, 0.25) is 0 Å². The van der Waals surface area contributed by atoms with Crippen LogP contribution in [0.4, 0.5) is 4.39 Å². The first-order chi connectivity index (χ1) is 11.8. The van der Waals surface area contributed by atoms with Gasteiger partial charge < -0.3 is 9.64 Å². The zero-order valence-electron chi connectivity index (χ0n) is 15.2. The summed E-state index contributed by atoms with van der Waals surface area (Å²) in [5, 5.41) is 9.56. The van der Waals surface area contributed by atoms with Crippen LogP contribution < -0.4 is 0 Å². The largest absolute Gasteiger partial charge is 0.378 e. The monoisotopic (exact) mass is 342 g/mol. The van der Waals surface area contributed by atoms with E-state index >= 15 is 0 Å². The molecule has 1 fully saturated rings. The lowest BCUT2D eigenvalue weighted by Gasteiger charge is -2.41. The van der Waals surface area contributed by atoms with E-state index in [9.17, 15) is 14.4 Å². The second kappa shape index (κ2) is 6.27. The van der Waals surface area contributed by atoms with Crippen molar-refractivity contribution < 1.29 is 13.9 Å². The average molecular weight is 342 g/mol. The van der Waals surface area contributed by atoms with Crippen LogP contribution in [0.1, 0.15) is 42.0 Å². The third-order valence-electron chi connectivity index (χ3n) is 5.72. The zero-order valence-corrected chi connectivity index (χ0v) is 15.2. The van der Waals surface area contributed by atoms with E-state index in [4.69, 9.17) is 4.74 Å². The first kappa shape index (κ1) is 17.6. The molecule has 25 heavy (non-hydrogen) atoms. The molecule has 0 atom stereocenters. The van der Waals surface area contributed by atoms with Crippen LogP contribution in [0.3, 0.4) is 0 Å². The fourth-order valence-electron chi connectivity index (χ4n) is 3.68. The van der Waals surface area contributed by atoms with Gasteiger partial charge in [0.1, 0.15) is 17.5 Å². The molecule has 0 unspecified atom stereocenters. The lowest BCUT2D eigenvalue weighted by molar-refractivity contribution is -0.114. The fraction of sp³-hybridized carbons (Fsp3) is 0.500. The van der Waals surface area contributed by atoms with E-state index in [2.05, 4.69) is 13.0 Å². The summed E-state index contributed by atoms with van der Waals surface area (Å²) in [6, 6.07) is 3.98. The number of ketones is 1. The molecule has 1 aliphatic carbocycles. The van der Waals surface area contributed by atoms with Crippen molar-refractivity contribution in [3.05, 3.63) is 39.7 Å². The number of piperidine rings is 1. The minimum Gasteiger partial charge on any atom is -0.378 e. The van der Waals surface area contributed by atoms with Gasteiger partial charge >= 0.3 is 0 Å². The van der Waals surface area contributed by atoms with Crippen LogP contribution in [0.15, 0.2) is 11.6 Å². The number of allylic oxidation sites excluding steroid dienone is 1. The molecular weight excluding hydrogens is 319 g/mol. The molecule has 1 aliphatic heterocycles. The van der Waals surface area contributed by atoms with Crippen molar-refractivity contribution in [2.75, 3.05) is 20.2 Å². The second-order valence-electron chi connectivity index (χ2n) is 7.24. The molecule has 5 heteroatoms. The highest BCUT2D eigenvalue weighted by Gasteiger charge is 2.36. The van der Waals surface area contributed by atoms with Gasteiger partial charge in [-0.25, -0.2) is 4.39 Å². The van der Waals surface area contributed by atoms with Crippen molar-refractivity contribution in [2.24, 2.45) is 0 Å². The summed E-state index contributed by atoms with van der Waals surface area (Å²) in [7, 11) is 1.70. The maximum Gasteiger partial charge on any atom is 0.180 e. The standard InChI is InChI=1S/C20H23FN2O2/c1-12-9-15-14(18(21)13(12)2)10-17(24)16(11-22)19(15)23-7-5-20(3,25-4)6-8-23/h9H,5-8,10H2,1-4H3. The van der Waals surface area contributed by atoms with Gasteiger partial charge in [0, 0.05) is 37.7 Å². The molecule has 0 amide bonds. The minimum absolute atomic E-state index is 0.0433. The number of ether oxygens (including phenoxy) is 1. The topological polar surface area (TPSA) is 53.3 Å². The van der Waals surface area contributed by atoms with Crippen LogP contribution >= 0.6 is 0 Å². The lowest BCUT2D eigenvalue weighted by Crippen LogP contribution is -2.44. The lowest BCUT2D eigenvalue weighted by atomic mass is 9.84. The number of likely N-dealkylation sites (tertiary alicyclic amines) is 1. The SMILES string of the molecule is COC1(C)CCN(C2=C(C#N)C(=O)Cc3c2cc(C)c(C)c3F)CC1. The van der Waals surface area contributed by atoms with E-state index in [0.717, 1.165) is 18.4 Å². The van der Waals surface area contributed by atoms with Crippen LogP contribution in [0.2, 0.25) is 0 Å². The Bertz CT molecular complexity index is 812. The second-order valence-corrected chi connectivity index (χ2v) is 7.24. The summed E-state index contributed by atoms with van der Waals surface area (Å²) in [4.78, 5) is 14.5. The van der Waals surface area contributed by atoms with E-state index in [1.54, 1.807) is 14.0 Å². The molecule has 0 spiro atoms. The quantitative estimate of drug-likeness (QED) is 0.827. The minimum atomic E-state index is -0.323. The van der Waals surface area contributed by atoms with Gasteiger partial charge in [-0.05, 0) is 50.8 Å². The molecule has 1 heterocycles.